The molecule has 0 radical (unpaired) electrons. The summed E-state index contributed by atoms with van der Waals surface area (Å²) < 4.78 is 0. The summed E-state index contributed by atoms with van der Waals surface area (Å²) in [6.07, 6.45) is 4.23. The van der Waals surface area contributed by atoms with E-state index in [9.17, 15) is 9.90 Å². The monoisotopic (exact) mass is 220 g/mol. The number of phenols is 1. The molecule has 0 bridgehead atoms. The summed E-state index contributed by atoms with van der Waals surface area (Å²) in [6.45, 7) is 1.92. The Hall–Kier alpha value is -1.51. The second-order valence-corrected chi connectivity index (χ2v) is 4.41. The van der Waals surface area contributed by atoms with E-state index in [0.29, 0.717) is 5.56 Å². The molecule has 1 aromatic rings. The highest BCUT2D eigenvalue weighted by Crippen LogP contribution is 2.32. The van der Waals surface area contributed by atoms with Gasteiger partial charge in [0.2, 0.25) is 0 Å². The second-order valence-electron chi connectivity index (χ2n) is 4.41. The molecule has 0 saturated heterocycles. The number of benzene rings is 1. The highest BCUT2D eigenvalue weighted by molar-refractivity contribution is 5.72. The largest absolute Gasteiger partial charge is 0.508 e. The molecule has 0 unspecified atom stereocenters. The molecule has 3 heteroatoms. The van der Waals surface area contributed by atoms with E-state index in [4.69, 9.17) is 5.11 Å². The molecule has 3 nitrogen and oxygen atoms in total. The van der Waals surface area contributed by atoms with Crippen molar-refractivity contribution >= 4 is 5.97 Å². The molecular formula is C13H16O3. The minimum absolute atomic E-state index is 0.0923. The fourth-order valence-corrected chi connectivity index (χ4v) is 2.52. The lowest BCUT2D eigenvalue weighted by Gasteiger charge is -2.21. The third-order valence-corrected chi connectivity index (χ3v) is 3.36. The smallest absolute Gasteiger partial charge is 0.307 e. The number of carboxylic acids is 1. The first-order valence-corrected chi connectivity index (χ1v) is 5.64. The number of phenolic OH excluding ortho intramolecular Hbond substituents is 1. The Balaban J connectivity index is 2.49. The zero-order valence-electron chi connectivity index (χ0n) is 9.42. The molecule has 0 fully saturated rings. The van der Waals surface area contributed by atoms with Crippen LogP contribution >= 0.6 is 0 Å². The Kier molecular flexibility index (Phi) is 2.86. The number of hydrogen-bond acceptors (Lipinski definition) is 2. The topological polar surface area (TPSA) is 57.5 Å². The van der Waals surface area contributed by atoms with Crippen LogP contribution in [0.25, 0.3) is 0 Å². The third-order valence-electron chi connectivity index (χ3n) is 3.36. The van der Waals surface area contributed by atoms with Crippen molar-refractivity contribution in [3.8, 4) is 5.75 Å². The Morgan fingerprint density at radius 3 is 2.75 bits per heavy atom. The van der Waals surface area contributed by atoms with Crippen LogP contribution in [0.2, 0.25) is 0 Å². The SMILES string of the molecule is Cc1c(CC(=O)O)c(O)cc2c1CCCC2. The van der Waals surface area contributed by atoms with Crippen molar-refractivity contribution < 1.29 is 15.0 Å². The minimum Gasteiger partial charge on any atom is -0.508 e. The molecule has 0 heterocycles. The Morgan fingerprint density at radius 1 is 1.38 bits per heavy atom. The number of rotatable bonds is 2. The van der Waals surface area contributed by atoms with Crippen LogP contribution in [0.15, 0.2) is 6.07 Å². The molecule has 0 aliphatic heterocycles. The van der Waals surface area contributed by atoms with Gasteiger partial charge in [-0.05, 0) is 55.4 Å². The van der Waals surface area contributed by atoms with Gasteiger partial charge in [-0.1, -0.05) is 0 Å². The van der Waals surface area contributed by atoms with Gasteiger partial charge in [0, 0.05) is 5.56 Å². The number of hydrogen-bond donors (Lipinski definition) is 2. The lowest BCUT2D eigenvalue weighted by Crippen LogP contribution is -2.10. The van der Waals surface area contributed by atoms with E-state index in [0.717, 1.165) is 31.2 Å². The summed E-state index contributed by atoms with van der Waals surface area (Å²) in [6, 6.07) is 1.75. The predicted octanol–water partition coefficient (Wildman–Crippen LogP) is 2.21. The third kappa shape index (κ3) is 1.90. The molecule has 16 heavy (non-hydrogen) atoms. The van der Waals surface area contributed by atoms with E-state index in [1.165, 1.54) is 11.1 Å². The van der Waals surface area contributed by atoms with Crippen molar-refractivity contribution in [1.29, 1.82) is 0 Å². The average Bonchev–Trinajstić information content (AvgIpc) is 2.24. The molecule has 0 aromatic heterocycles. The maximum Gasteiger partial charge on any atom is 0.307 e. The van der Waals surface area contributed by atoms with Gasteiger partial charge in [-0.2, -0.15) is 0 Å². The van der Waals surface area contributed by atoms with Crippen LogP contribution in [0.5, 0.6) is 5.75 Å². The van der Waals surface area contributed by atoms with Crippen LogP contribution in [-0.4, -0.2) is 16.2 Å². The van der Waals surface area contributed by atoms with Gasteiger partial charge in [0.25, 0.3) is 0 Å². The molecule has 1 aliphatic carbocycles. The van der Waals surface area contributed by atoms with Crippen molar-refractivity contribution in [2.75, 3.05) is 0 Å². The van der Waals surface area contributed by atoms with Gasteiger partial charge in [-0.3, -0.25) is 4.79 Å². The molecule has 1 aromatic carbocycles. The summed E-state index contributed by atoms with van der Waals surface area (Å²) in [4.78, 5) is 10.7. The van der Waals surface area contributed by atoms with E-state index >= 15 is 0 Å². The lowest BCUT2D eigenvalue weighted by atomic mass is 9.85. The number of fused-ring (bicyclic) bond motifs is 1. The molecular weight excluding hydrogens is 204 g/mol. The van der Waals surface area contributed by atoms with Crippen molar-refractivity contribution in [3.63, 3.8) is 0 Å². The quantitative estimate of drug-likeness (QED) is 0.803. The van der Waals surface area contributed by atoms with Crippen molar-refractivity contribution in [2.45, 2.75) is 39.0 Å². The highest BCUT2D eigenvalue weighted by Gasteiger charge is 2.18. The van der Waals surface area contributed by atoms with Crippen molar-refractivity contribution in [1.82, 2.24) is 0 Å². The number of carboxylic acid groups (broad SMARTS) is 1. The van der Waals surface area contributed by atoms with Crippen LogP contribution in [0.1, 0.15) is 35.1 Å². The lowest BCUT2D eigenvalue weighted by molar-refractivity contribution is -0.136. The van der Waals surface area contributed by atoms with E-state index in [1.54, 1.807) is 6.07 Å². The fourth-order valence-electron chi connectivity index (χ4n) is 2.52. The molecule has 0 atom stereocenters. The van der Waals surface area contributed by atoms with E-state index in [2.05, 4.69) is 0 Å². The van der Waals surface area contributed by atoms with Gasteiger partial charge in [0.15, 0.2) is 0 Å². The average molecular weight is 220 g/mol. The number of aliphatic carboxylic acids is 1. The minimum atomic E-state index is -0.894. The number of carbonyl (C=O) groups is 1. The summed E-state index contributed by atoms with van der Waals surface area (Å²) in [5.41, 5.74) is 3.99. The first kappa shape index (κ1) is 11.0. The zero-order chi connectivity index (χ0) is 11.7. The van der Waals surface area contributed by atoms with Gasteiger partial charge < -0.3 is 10.2 Å². The first-order valence-electron chi connectivity index (χ1n) is 5.64. The molecule has 0 amide bonds. The molecule has 2 N–H and O–H groups in total. The van der Waals surface area contributed by atoms with Crippen molar-refractivity contribution in [3.05, 3.63) is 28.3 Å². The van der Waals surface area contributed by atoms with Gasteiger partial charge >= 0.3 is 5.97 Å². The normalized spacial score (nSPS) is 14.6. The molecule has 0 spiro atoms. The molecule has 1 aliphatic rings. The standard InChI is InChI=1S/C13H16O3/c1-8-10-5-3-2-4-9(10)6-12(14)11(8)7-13(15)16/h6,14H,2-5,7H2,1H3,(H,15,16). The van der Waals surface area contributed by atoms with Gasteiger partial charge in [0.1, 0.15) is 5.75 Å². The van der Waals surface area contributed by atoms with Crippen LogP contribution < -0.4 is 0 Å². The maximum absolute atomic E-state index is 10.7. The Labute approximate surface area is 94.7 Å². The van der Waals surface area contributed by atoms with Gasteiger partial charge in [-0.15, -0.1) is 0 Å². The molecule has 86 valence electrons. The van der Waals surface area contributed by atoms with Crippen molar-refractivity contribution in [2.24, 2.45) is 0 Å². The summed E-state index contributed by atoms with van der Waals surface area (Å²) in [5, 5.41) is 18.6. The molecule has 2 rings (SSSR count). The Bertz CT molecular complexity index is 435. The summed E-state index contributed by atoms with van der Waals surface area (Å²) in [7, 11) is 0. The summed E-state index contributed by atoms with van der Waals surface area (Å²) in [5.74, 6) is -0.755. The van der Waals surface area contributed by atoms with Gasteiger partial charge in [0.05, 0.1) is 6.42 Å². The van der Waals surface area contributed by atoms with E-state index in [-0.39, 0.29) is 12.2 Å². The van der Waals surface area contributed by atoms with Crippen LogP contribution in [0.4, 0.5) is 0 Å². The highest BCUT2D eigenvalue weighted by atomic mass is 16.4. The summed E-state index contributed by atoms with van der Waals surface area (Å²) >= 11 is 0. The van der Waals surface area contributed by atoms with E-state index < -0.39 is 5.97 Å². The maximum atomic E-state index is 10.7. The number of aromatic hydroxyl groups is 1. The first-order chi connectivity index (χ1) is 7.59. The van der Waals surface area contributed by atoms with E-state index in [1.807, 2.05) is 6.92 Å². The predicted molar refractivity (Wildman–Crippen MR) is 60.8 cm³/mol. The number of aryl methyl sites for hydroxylation is 1. The van der Waals surface area contributed by atoms with Crippen LogP contribution in [0, 0.1) is 6.92 Å². The second kappa shape index (κ2) is 4.16. The molecule has 0 saturated carbocycles. The van der Waals surface area contributed by atoms with Crippen LogP contribution in [0.3, 0.4) is 0 Å². The fraction of sp³-hybridized carbons (Fsp3) is 0.462. The van der Waals surface area contributed by atoms with Crippen LogP contribution in [-0.2, 0) is 24.1 Å². The zero-order valence-corrected chi connectivity index (χ0v) is 9.42. The Morgan fingerprint density at radius 2 is 2.06 bits per heavy atom. The van der Waals surface area contributed by atoms with Gasteiger partial charge in [-0.25, -0.2) is 0 Å².